The first kappa shape index (κ1) is 21.2. The summed E-state index contributed by atoms with van der Waals surface area (Å²) in [6, 6.07) is 10.9. The lowest BCUT2D eigenvalue weighted by atomic mass is 10.3. The fraction of sp³-hybridized carbons (Fsp3) is 0.235. The Kier molecular flexibility index (Phi) is 7.12. The summed E-state index contributed by atoms with van der Waals surface area (Å²) < 4.78 is 33.8. The van der Waals surface area contributed by atoms with Gasteiger partial charge in [0.15, 0.2) is 0 Å². The van der Waals surface area contributed by atoms with Crippen LogP contribution >= 0.6 is 43.5 Å². The molecule has 0 spiro atoms. The number of sulfonamides is 1. The van der Waals surface area contributed by atoms with Gasteiger partial charge in [0.05, 0.1) is 21.7 Å². The molecular formula is C17H16Br2ClNO4S. The first-order valence-corrected chi connectivity index (χ1v) is 10.9. The summed E-state index contributed by atoms with van der Waals surface area (Å²) in [5.74, 6) is -0.667. The molecule has 0 saturated carbocycles. The van der Waals surface area contributed by atoms with Gasteiger partial charge in [-0.2, -0.15) is 0 Å². The molecule has 140 valence electrons. The van der Waals surface area contributed by atoms with E-state index in [1.54, 1.807) is 38.1 Å². The van der Waals surface area contributed by atoms with Crippen LogP contribution in [0, 0.1) is 0 Å². The van der Waals surface area contributed by atoms with Gasteiger partial charge in [-0.3, -0.25) is 9.10 Å². The van der Waals surface area contributed by atoms with Crippen molar-refractivity contribution in [1.29, 1.82) is 0 Å². The quantitative estimate of drug-likeness (QED) is 0.498. The van der Waals surface area contributed by atoms with Crippen molar-refractivity contribution in [3.05, 3.63) is 56.4 Å². The van der Waals surface area contributed by atoms with Gasteiger partial charge >= 0.3 is 5.97 Å². The maximum absolute atomic E-state index is 13.1. The highest BCUT2D eigenvalue weighted by atomic mass is 79.9. The first-order chi connectivity index (χ1) is 12.1. The smallest absolute Gasteiger partial charge is 0.327 e. The SMILES string of the molecule is CC(C)OC(=O)CN(c1ccc(Br)cc1Cl)S(=O)(=O)c1ccc(Br)cc1. The molecular weight excluding hydrogens is 510 g/mol. The Labute approximate surface area is 174 Å². The molecule has 0 heterocycles. The van der Waals surface area contributed by atoms with Crippen LogP contribution in [-0.2, 0) is 19.6 Å². The van der Waals surface area contributed by atoms with Gasteiger partial charge in [0.25, 0.3) is 10.0 Å². The van der Waals surface area contributed by atoms with E-state index >= 15 is 0 Å². The van der Waals surface area contributed by atoms with Crippen LogP contribution < -0.4 is 4.31 Å². The molecule has 0 aliphatic carbocycles. The molecule has 5 nitrogen and oxygen atoms in total. The van der Waals surface area contributed by atoms with Crippen molar-refractivity contribution in [2.75, 3.05) is 10.8 Å². The maximum Gasteiger partial charge on any atom is 0.327 e. The highest BCUT2D eigenvalue weighted by Gasteiger charge is 2.29. The summed E-state index contributed by atoms with van der Waals surface area (Å²) in [7, 11) is -4.03. The van der Waals surface area contributed by atoms with Gasteiger partial charge in [0, 0.05) is 8.95 Å². The molecule has 2 aromatic rings. The van der Waals surface area contributed by atoms with Crippen LogP contribution in [0.3, 0.4) is 0 Å². The Morgan fingerprint density at radius 3 is 2.23 bits per heavy atom. The number of nitrogens with zero attached hydrogens (tertiary/aromatic N) is 1. The monoisotopic (exact) mass is 523 g/mol. The van der Waals surface area contributed by atoms with E-state index in [4.69, 9.17) is 16.3 Å². The van der Waals surface area contributed by atoms with Gasteiger partial charge in [0.1, 0.15) is 6.54 Å². The van der Waals surface area contributed by atoms with Gasteiger partial charge in [-0.15, -0.1) is 0 Å². The molecule has 0 N–H and O–H groups in total. The molecule has 0 saturated heterocycles. The Bertz CT molecular complexity index is 901. The number of halogens is 3. The molecule has 0 bridgehead atoms. The van der Waals surface area contributed by atoms with E-state index in [1.807, 2.05) is 0 Å². The highest BCUT2D eigenvalue weighted by molar-refractivity contribution is 9.10. The second-order valence-electron chi connectivity index (χ2n) is 5.60. The van der Waals surface area contributed by atoms with Gasteiger partial charge in [-0.1, -0.05) is 43.5 Å². The topological polar surface area (TPSA) is 63.7 Å². The second kappa shape index (κ2) is 8.73. The number of carbonyl (C=O) groups is 1. The number of benzene rings is 2. The zero-order valence-electron chi connectivity index (χ0n) is 13.9. The average molecular weight is 526 g/mol. The lowest BCUT2D eigenvalue weighted by molar-refractivity contribution is -0.145. The Balaban J connectivity index is 2.52. The number of hydrogen-bond donors (Lipinski definition) is 0. The van der Waals surface area contributed by atoms with Crippen molar-refractivity contribution in [1.82, 2.24) is 0 Å². The van der Waals surface area contributed by atoms with Crippen molar-refractivity contribution in [2.24, 2.45) is 0 Å². The predicted octanol–water partition coefficient (Wildman–Crippen LogP) is 5.01. The Morgan fingerprint density at radius 1 is 1.12 bits per heavy atom. The van der Waals surface area contributed by atoms with Crippen molar-refractivity contribution in [3.63, 3.8) is 0 Å². The third kappa shape index (κ3) is 5.22. The number of anilines is 1. The van der Waals surface area contributed by atoms with E-state index < -0.39 is 22.5 Å². The lowest BCUT2D eigenvalue weighted by Crippen LogP contribution is -2.37. The van der Waals surface area contributed by atoms with Crippen LogP contribution in [0.4, 0.5) is 5.69 Å². The number of hydrogen-bond acceptors (Lipinski definition) is 4. The van der Waals surface area contributed by atoms with Crippen LogP contribution in [0.15, 0.2) is 56.3 Å². The van der Waals surface area contributed by atoms with E-state index in [2.05, 4.69) is 31.9 Å². The van der Waals surface area contributed by atoms with Crippen LogP contribution in [-0.4, -0.2) is 27.0 Å². The standard InChI is InChI=1S/C17H16Br2ClNO4S/c1-11(2)25-17(22)10-21(16-8-5-13(19)9-15(16)20)26(23,24)14-6-3-12(18)4-7-14/h3-9,11H,10H2,1-2H3. The van der Waals surface area contributed by atoms with Gasteiger partial charge in [-0.05, 0) is 56.3 Å². The summed E-state index contributed by atoms with van der Waals surface area (Å²) >= 11 is 12.8. The largest absolute Gasteiger partial charge is 0.462 e. The number of ether oxygens (including phenoxy) is 1. The molecule has 9 heteroatoms. The van der Waals surface area contributed by atoms with E-state index in [0.717, 1.165) is 8.78 Å². The summed E-state index contributed by atoms with van der Waals surface area (Å²) in [6.45, 7) is 2.90. The third-order valence-electron chi connectivity index (χ3n) is 3.22. The molecule has 0 aromatic heterocycles. The minimum Gasteiger partial charge on any atom is -0.462 e. The molecule has 0 amide bonds. The minimum atomic E-state index is -4.03. The number of carbonyl (C=O) groups excluding carboxylic acids is 1. The van der Waals surface area contributed by atoms with Crippen LogP contribution in [0.25, 0.3) is 0 Å². The molecule has 0 radical (unpaired) electrons. The maximum atomic E-state index is 13.1. The number of esters is 1. The fourth-order valence-electron chi connectivity index (χ4n) is 2.13. The van der Waals surface area contributed by atoms with Gasteiger partial charge in [0.2, 0.25) is 0 Å². The minimum absolute atomic E-state index is 0.0389. The third-order valence-corrected chi connectivity index (χ3v) is 6.32. The van der Waals surface area contributed by atoms with Crippen LogP contribution in [0.1, 0.15) is 13.8 Å². The second-order valence-corrected chi connectivity index (χ2v) is 9.70. The molecule has 0 atom stereocenters. The van der Waals surface area contributed by atoms with E-state index in [1.165, 1.54) is 18.2 Å². The number of rotatable bonds is 6. The summed E-state index contributed by atoms with van der Waals surface area (Å²) in [5.41, 5.74) is 0.193. The summed E-state index contributed by atoms with van der Waals surface area (Å²) in [6.07, 6.45) is -0.361. The molecule has 26 heavy (non-hydrogen) atoms. The average Bonchev–Trinajstić information content (AvgIpc) is 2.53. The van der Waals surface area contributed by atoms with Gasteiger partial charge < -0.3 is 4.74 Å². The summed E-state index contributed by atoms with van der Waals surface area (Å²) in [4.78, 5) is 12.2. The highest BCUT2D eigenvalue weighted by Crippen LogP contribution is 2.33. The molecule has 0 aliphatic rings. The molecule has 0 fully saturated rings. The van der Waals surface area contributed by atoms with Crippen molar-refractivity contribution in [3.8, 4) is 0 Å². The predicted molar refractivity (Wildman–Crippen MR) is 109 cm³/mol. The Morgan fingerprint density at radius 2 is 1.69 bits per heavy atom. The zero-order valence-corrected chi connectivity index (χ0v) is 18.7. The zero-order chi connectivity index (χ0) is 19.5. The lowest BCUT2D eigenvalue weighted by Gasteiger charge is -2.25. The van der Waals surface area contributed by atoms with Gasteiger partial charge in [-0.25, -0.2) is 8.42 Å². The molecule has 2 aromatic carbocycles. The molecule has 2 rings (SSSR count). The van der Waals surface area contributed by atoms with Crippen molar-refractivity contribution in [2.45, 2.75) is 24.8 Å². The van der Waals surface area contributed by atoms with Crippen LogP contribution in [0.5, 0.6) is 0 Å². The first-order valence-electron chi connectivity index (χ1n) is 7.54. The summed E-state index contributed by atoms with van der Waals surface area (Å²) in [5, 5.41) is 0.192. The van der Waals surface area contributed by atoms with E-state index in [-0.39, 0.29) is 21.7 Å². The van der Waals surface area contributed by atoms with Crippen molar-refractivity contribution >= 4 is 65.1 Å². The molecule has 0 aliphatic heterocycles. The van der Waals surface area contributed by atoms with E-state index in [0.29, 0.717) is 4.47 Å². The molecule has 0 unspecified atom stereocenters. The van der Waals surface area contributed by atoms with Crippen molar-refractivity contribution < 1.29 is 17.9 Å². The fourth-order valence-corrected chi connectivity index (χ4v) is 4.65. The normalized spacial score (nSPS) is 11.5. The van der Waals surface area contributed by atoms with Crippen LogP contribution in [0.2, 0.25) is 5.02 Å². The van der Waals surface area contributed by atoms with E-state index in [9.17, 15) is 13.2 Å². The Hall–Kier alpha value is -1.09.